The lowest BCUT2D eigenvalue weighted by Crippen LogP contribution is -2.40. The van der Waals surface area contributed by atoms with Crippen LogP contribution in [-0.4, -0.2) is 42.1 Å². The summed E-state index contributed by atoms with van der Waals surface area (Å²) < 4.78 is 32.9. The van der Waals surface area contributed by atoms with Crippen LogP contribution in [0.15, 0.2) is 30.3 Å². The normalized spacial score (nSPS) is 15.0. The van der Waals surface area contributed by atoms with Crippen LogP contribution in [0.1, 0.15) is 39.7 Å². The largest absolute Gasteiger partial charge is 0.378 e. The van der Waals surface area contributed by atoms with E-state index in [2.05, 4.69) is 4.98 Å². The fourth-order valence-corrected chi connectivity index (χ4v) is 4.47. The molecule has 1 aromatic heterocycles. The summed E-state index contributed by atoms with van der Waals surface area (Å²) >= 11 is 13.0. The Labute approximate surface area is 189 Å². The first-order valence-corrected chi connectivity index (χ1v) is 10.7. The molecule has 1 fully saturated rings. The maximum atomic E-state index is 13.8. The van der Waals surface area contributed by atoms with E-state index in [1.807, 2.05) is 6.07 Å². The number of ether oxygens (including phenoxy) is 1. The van der Waals surface area contributed by atoms with Gasteiger partial charge < -0.3 is 14.6 Å². The van der Waals surface area contributed by atoms with E-state index in [-0.39, 0.29) is 11.5 Å². The highest BCUT2D eigenvalue weighted by molar-refractivity contribution is 6.38. The highest BCUT2D eigenvalue weighted by Gasteiger charge is 2.26. The molecule has 0 saturated carbocycles. The Bertz CT molecular complexity index is 1150. The lowest BCUT2D eigenvalue weighted by atomic mass is 10.0. The summed E-state index contributed by atoms with van der Waals surface area (Å²) in [4.78, 5) is 17.9. The van der Waals surface area contributed by atoms with Gasteiger partial charge in [0.15, 0.2) is 0 Å². The maximum Gasteiger partial charge on any atom is 0.270 e. The summed E-state index contributed by atoms with van der Waals surface area (Å²) in [5.41, 5.74) is 3.27. The number of nitrogens with one attached hydrogen (secondary N) is 1. The average molecular weight is 467 g/mol. The number of halogens is 4. The molecule has 0 atom stereocenters. The third-order valence-electron chi connectivity index (χ3n) is 5.57. The molecule has 1 saturated heterocycles. The molecule has 0 aliphatic carbocycles. The van der Waals surface area contributed by atoms with Crippen molar-refractivity contribution < 1.29 is 18.3 Å². The van der Waals surface area contributed by atoms with E-state index in [0.717, 1.165) is 23.7 Å². The lowest BCUT2D eigenvalue weighted by Gasteiger charge is -2.27. The third kappa shape index (κ3) is 4.43. The zero-order chi connectivity index (χ0) is 22.3. The van der Waals surface area contributed by atoms with Gasteiger partial charge in [0.25, 0.3) is 11.8 Å². The number of aryl methyl sites for hydroxylation is 1. The molecule has 8 heteroatoms. The van der Waals surface area contributed by atoms with Crippen LogP contribution >= 0.6 is 23.2 Å². The van der Waals surface area contributed by atoms with Crippen molar-refractivity contribution in [1.29, 1.82) is 0 Å². The summed E-state index contributed by atoms with van der Waals surface area (Å²) in [5, 5.41) is 1.44. The number of hydrogen-bond acceptors (Lipinski definition) is 2. The number of benzene rings is 2. The van der Waals surface area contributed by atoms with Crippen molar-refractivity contribution in [1.82, 2.24) is 9.88 Å². The van der Waals surface area contributed by atoms with Gasteiger partial charge in [0, 0.05) is 53.6 Å². The smallest absolute Gasteiger partial charge is 0.270 e. The first kappa shape index (κ1) is 22.1. The van der Waals surface area contributed by atoms with E-state index in [4.69, 9.17) is 27.9 Å². The van der Waals surface area contributed by atoms with Gasteiger partial charge >= 0.3 is 0 Å². The van der Waals surface area contributed by atoms with Crippen LogP contribution in [0.3, 0.4) is 0 Å². The molecule has 31 heavy (non-hydrogen) atoms. The maximum absolute atomic E-state index is 13.8. The van der Waals surface area contributed by atoms with Crippen molar-refractivity contribution in [3.63, 3.8) is 0 Å². The number of carbonyl (C=O) groups is 1. The standard InChI is InChI=1S/C23H22Cl2F2N2O2/c1-13-9-15(23(2,26)27)10-14-11-16(28-21(13)14)12-18-19(24)4-3-17(20(18)25)22(30)29-5-7-31-8-6-29/h3-4,9-11,28H,5-8,12H2,1-2H3. The Balaban J connectivity index is 1.68. The molecular weight excluding hydrogens is 445 g/mol. The molecule has 1 amide bonds. The number of H-pyrrole nitrogens is 1. The molecule has 1 aliphatic heterocycles. The van der Waals surface area contributed by atoms with Crippen LogP contribution in [0.4, 0.5) is 8.78 Å². The monoisotopic (exact) mass is 466 g/mol. The van der Waals surface area contributed by atoms with Gasteiger partial charge in [0.05, 0.1) is 23.8 Å². The number of morpholine rings is 1. The van der Waals surface area contributed by atoms with Crippen molar-refractivity contribution in [3.05, 3.63) is 68.3 Å². The summed E-state index contributed by atoms with van der Waals surface area (Å²) in [6.07, 6.45) is 0.341. The zero-order valence-electron chi connectivity index (χ0n) is 17.2. The minimum atomic E-state index is -2.92. The molecule has 2 heterocycles. The fraction of sp³-hybridized carbons (Fsp3) is 0.348. The SMILES string of the molecule is Cc1cc(C(C)(F)F)cc2cc(Cc3c(Cl)ccc(C(=O)N4CCOCC4)c3Cl)[nH]c12. The minimum absolute atomic E-state index is 0.0304. The minimum Gasteiger partial charge on any atom is -0.378 e. The van der Waals surface area contributed by atoms with Crippen molar-refractivity contribution in [3.8, 4) is 0 Å². The topological polar surface area (TPSA) is 45.3 Å². The van der Waals surface area contributed by atoms with Gasteiger partial charge in [-0.05, 0) is 48.4 Å². The second kappa shape index (κ2) is 8.41. The van der Waals surface area contributed by atoms with Gasteiger partial charge in [-0.15, -0.1) is 0 Å². The van der Waals surface area contributed by atoms with Gasteiger partial charge in [-0.3, -0.25) is 4.79 Å². The molecule has 4 nitrogen and oxygen atoms in total. The predicted octanol–water partition coefficient (Wildman–Crippen LogP) is 5.96. The van der Waals surface area contributed by atoms with Gasteiger partial charge in [-0.1, -0.05) is 23.2 Å². The van der Waals surface area contributed by atoms with E-state index in [9.17, 15) is 13.6 Å². The van der Waals surface area contributed by atoms with Crippen LogP contribution in [0.25, 0.3) is 10.9 Å². The molecule has 0 spiro atoms. The predicted molar refractivity (Wildman–Crippen MR) is 119 cm³/mol. The number of amides is 1. The number of nitrogens with zero attached hydrogens (tertiary/aromatic N) is 1. The van der Waals surface area contributed by atoms with Crippen LogP contribution in [0.5, 0.6) is 0 Å². The van der Waals surface area contributed by atoms with Gasteiger partial charge in [-0.2, -0.15) is 0 Å². The van der Waals surface area contributed by atoms with Crippen LogP contribution < -0.4 is 0 Å². The van der Waals surface area contributed by atoms with Crippen molar-refractivity contribution in [2.45, 2.75) is 26.2 Å². The molecule has 4 rings (SSSR count). The molecule has 0 unspecified atom stereocenters. The first-order valence-electron chi connectivity index (χ1n) is 9.99. The van der Waals surface area contributed by atoms with E-state index >= 15 is 0 Å². The Kier molecular flexibility index (Phi) is 5.99. The van der Waals surface area contributed by atoms with Crippen molar-refractivity contribution >= 4 is 40.0 Å². The second-order valence-corrected chi connectivity index (χ2v) is 8.69. The summed E-state index contributed by atoms with van der Waals surface area (Å²) in [7, 11) is 0. The highest BCUT2D eigenvalue weighted by atomic mass is 35.5. The van der Waals surface area contributed by atoms with Gasteiger partial charge in [0.1, 0.15) is 0 Å². The fourth-order valence-electron chi connectivity index (χ4n) is 3.88. The molecular formula is C23H22Cl2F2N2O2. The number of fused-ring (bicyclic) bond motifs is 1. The second-order valence-electron chi connectivity index (χ2n) is 7.91. The molecule has 2 aromatic carbocycles. The van der Waals surface area contributed by atoms with E-state index < -0.39 is 5.92 Å². The molecule has 3 aromatic rings. The first-order chi connectivity index (χ1) is 14.6. The average Bonchev–Trinajstić information content (AvgIpc) is 3.14. The highest BCUT2D eigenvalue weighted by Crippen LogP contribution is 2.34. The van der Waals surface area contributed by atoms with E-state index in [0.29, 0.717) is 59.3 Å². The van der Waals surface area contributed by atoms with Crippen LogP contribution in [0.2, 0.25) is 10.0 Å². The zero-order valence-corrected chi connectivity index (χ0v) is 18.7. The molecule has 0 bridgehead atoms. The Morgan fingerprint density at radius 3 is 2.58 bits per heavy atom. The number of carbonyl (C=O) groups excluding carboxylic acids is 1. The molecule has 164 valence electrons. The Morgan fingerprint density at radius 2 is 1.90 bits per heavy atom. The third-order valence-corrected chi connectivity index (χ3v) is 6.36. The molecule has 1 N–H and O–H groups in total. The summed E-state index contributed by atoms with van der Waals surface area (Å²) in [6, 6.07) is 8.10. The number of aromatic amines is 1. The van der Waals surface area contributed by atoms with E-state index in [1.165, 1.54) is 12.1 Å². The number of alkyl halides is 2. The van der Waals surface area contributed by atoms with Crippen molar-refractivity contribution in [2.75, 3.05) is 26.3 Å². The molecule has 0 radical (unpaired) electrons. The lowest BCUT2D eigenvalue weighted by molar-refractivity contribution is 0.0175. The van der Waals surface area contributed by atoms with Crippen molar-refractivity contribution in [2.24, 2.45) is 0 Å². The van der Waals surface area contributed by atoms with Crippen LogP contribution in [0, 0.1) is 6.92 Å². The number of aromatic nitrogens is 1. The Morgan fingerprint density at radius 1 is 1.19 bits per heavy atom. The quantitative estimate of drug-likeness (QED) is 0.515. The summed E-state index contributed by atoms with van der Waals surface area (Å²) in [6.45, 7) is 4.70. The summed E-state index contributed by atoms with van der Waals surface area (Å²) in [5.74, 6) is -3.08. The Hall–Kier alpha value is -2.15. The van der Waals surface area contributed by atoms with E-state index in [1.54, 1.807) is 24.0 Å². The van der Waals surface area contributed by atoms with Gasteiger partial charge in [0.2, 0.25) is 0 Å². The van der Waals surface area contributed by atoms with Crippen LogP contribution in [-0.2, 0) is 17.1 Å². The number of hydrogen-bond donors (Lipinski definition) is 1. The number of rotatable bonds is 4. The van der Waals surface area contributed by atoms with Gasteiger partial charge in [-0.25, -0.2) is 8.78 Å². The molecule has 1 aliphatic rings.